The molecule has 2 aromatic rings. The van der Waals surface area contributed by atoms with Crippen LogP contribution in [-0.2, 0) is 4.79 Å². The van der Waals surface area contributed by atoms with E-state index in [-0.39, 0.29) is 11.9 Å². The normalized spacial score (nSPS) is 20.1. The predicted molar refractivity (Wildman–Crippen MR) is 135 cm³/mol. The molecule has 0 aromatic heterocycles. The van der Waals surface area contributed by atoms with E-state index in [1.165, 1.54) is 19.3 Å². The minimum Gasteiger partial charge on any atom is -0.340 e. The monoisotopic (exact) mass is 533 g/mol. The Labute approximate surface area is 207 Å². The van der Waals surface area contributed by atoms with Gasteiger partial charge < -0.3 is 10.7 Å². The van der Waals surface area contributed by atoms with Crippen LogP contribution in [0.4, 0.5) is 0 Å². The molecular weight excluding hydrogens is 509 g/mol. The number of hydrogen-bond acceptors (Lipinski definition) is 3. The fourth-order valence-corrected chi connectivity index (χ4v) is 5.13. The predicted octanol–water partition coefficient (Wildman–Crippen LogP) is 7.14. The Morgan fingerprint density at radius 1 is 1.12 bits per heavy atom. The van der Waals surface area contributed by atoms with E-state index in [2.05, 4.69) is 43.9 Å². The molecule has 1 aliphatic carbocycles. The summed E-state index contributed by atoms with van der Waals surface area (Å²) in [5, 5.41) is 8.77. The van der Waals surface area contributed by atoms with Crippen LogP contribution in [0.2, 0.25) is 10.0 Å². The maximum Gasteiger partial charge on any atom is 0.244 e. The van der Waals surface area contributed by atoms with Gasteiger partial charge >= 0.3 is 0 Å². The van der Waals surface area contributed by atoms with Gasteiger partial charge in [0.15, 0.2) is 0 Å². The van der Waals surface area contributed by atoms with Crippen molar-refractivity contribution in [3.8, 4) is 0 Å². The molecule has 1 amide bonds. The van der Waals surface area contributed by atoms with E-state index in [1.807, 2.05) is 24.3 Å². The van der Waals surface area contributed by atoms with E-state index in [0.717, 1.165) is 34.2 Å². The van der Waals surface area contributed by atoms with Gasteiger partial charge in [0.05, 0.1) is 17.8 Å². The zero-order valence-corrected chi connectivity index (χ0v) is 20.8. The SMILES string of the molecule is O=C(C=CC1CCCCC1)NC(C1=NNC(c2ccc(Br)cc2)C1)c1ccc(Cl)cc1Cl. The van der Waals surface area contributed by atoms with Gasteiger partial charge in [-0.3, -0.25) is 4.79 Å². The number of rotatable bonds is 6. The summed E-state index contributed by atoms with van der Waals surface area (Å²) in [6.07, 6.45) is 10.5. The smallest absolute Gasteiger partial charge is 0.244 e. The van der Waals surface area contributed by atoms with E-state index >= 15 is 0 Å². The number of benzene rings is 2. The molecule has 1 saturated carbocycles. The third-order valence-electron chi connectivity index (χ3n) is 6.11. The van der Waals surface area contributed by atoms with Crippen LogP contribution in [0.15, 0.2) is 64.2 Å². The van der Waals surface area contributed by atoms with Crippen LogP contribution >= 0.6 is 39.1 Å². The van der Waals surface area contributed by atoms with Crippen molar-refractivity contribution >= 4 is 50.8 Å². The summed E-state index contributed by atoms with van der Waals surface area (Å²) < 4.78 is 1.03. The average molecular weight is 535 g/mol. The van der Waals surface area contributed by atoms with Gasteiger partial charge in [0.1, 0.15) is 0 Å². The highest BCUT2D eigenvalue weighted by atomic mass is 79.9. The summed E-state index contributed by atoms with van der Waals surface area (Å²) >= 11 is 16.1. The van der Waals surface area contributed by atoms with Crippen LogP contribution < -0.4 is 10.7 Å². The van der Waals surface area contributed by atoms with E-state index in [0.29, 0.717) is 22.4 Å². The molecule has 4 nitrogen and oxygen atoms in total. The summed E-state index contributed by atoms with van der Waals surface area (Å²) in [4.78, 5) is 12.8. The number of hydrazone groups is 1. The number of carbonyl (C=O) groups excluding carboxylic acids is 1. The molecule has 32 heavy (non-hydrogen) atoms. The highest BCUT2D eigenvalue weighted by Gasteiger charge is 2.29. The Kier molecular flexibility index (Phi) is 7.93. The first-order valence-electron chi connectivity index (χ1n) is 11.0. The van der Waals surface area contributed by atoms with Crippen LogP contribution in [0.25, 0.3) is 0 Å². The number of hydrogen-bond donors (Lipinski definition) is 2. The number of carbonyl (C=O) groups is 1. The average Bonchev–Trinajstić information content (AvgIpc) is 3.28. The topological polar surface area (TPSA) is 53.5 Å². The number of nitrogens with zero attached hydrogens (tertiary/aromatic N) is 1. The lowest BCUT2D eigenvalue weighted by Crippen LogP contribution is -2.32. The molecule has 0 spiro atoms. The largest absolute Gasteiger partial charge is 0.340 e. The second kappa shape index (κ2) is 10.9. The number of allylic oxidation sites excluding steroid dienone is 1. The van der Waals surface area contributed by atoms with Crippen LogP contribution in [0.1, 0.15) is 61.7 Å². The van der Waals surface area contributed by atoms with Crippen molar-refractivity contribution in [1.29, 1.82) is 0 Å². The molecule has 2 aliphatic rings. The molecule has 4 rings (SSSR count). The van der Waals surface area contributed by atoms with E-state index < -0.39 is 6.04 Å². The molecule has 0 saturated heterocycles. The maximum atomic E-state index is 12.8. The molecule has 1 aliphatic heterocycles. The number of nitrogens with one attached hydrogen (secondary N) is 2. The summed E-state index contributed by atoms with van der Waals surface area (Å²) in [5.41, 5.74) is 5.97. The molecule has 168 valence electrons. The van der Waals surface area contributed by atoms with Gasteiger partial charge in [-0.05, 0) is 60.2 Å². The van der Waals surface area contributed by atoms with Crippen molar-refractivity contribution < 1.29 is 4.79 Å². The van der Waals surface area contributed by atoms with Crippen LogP contribution in [0, 0.1) is 5.92 Å². The molecule has 0 bridgehead atoms. The molecule has 1 heterocycles. The van der Waals surface area contributed by atoms with E-state index in [9.17, 15) is 4.79 Å². The summed E-state index contributed by atoms with van der Waals surface area (Å²) in [6.45, 7) is 0. The molecule has 2 aromatic carbocycles. The quantitative estimate of drug-likeness (QED) is 0.387. The molecule has 1 fully saturated rings. The van der Waals surface area contributed by atoms with Gasteiger partial charge in [0.25, 0.3) is 0 Å². The minimum absolute atomic E-state index is 0.0429. The van der Waals surface area contributed by atoms with Gasteiger partial charge in [0, 0.05) is 20.9 Å². The van der Waals surface area contributed by atoms with Crippen molar-refractivity contribution in [2.75, 3.05) is 0 Å². The fourth-order valence-electron chi connectivity index (χ4n) is 4.35. The second-order valence-corrected chi connectivity index (χ2v) is 10.2. The van der Waals surface area contributed by atoms with Gasteiger partial charge in [-0.2, -0.15) is 5.10 Å². The number of amides is 1. The molecule has 2 N–H and O–H groups in total. The highest BCUT2D eigenvalue weighted by molar-refractivity contribution is 9.10. The lowest BCUT2D eigenvalue weighted by molar-refractivity contribution is -0.116. The van der Waals surface area contributed by atoms with Crippen molar-refractivity contribution in [2.45, 2.75) is 50.6 Å². The van der Waals surface area contributed by atoms with Crippen LogP contribution in [0.5, 0.6) is 0 Å². The zero-order chi connectivity index (χ0) is 22.5. The van der Waals surface area contributed by atoms with Crippen molar-refractivity contribution in [3.05, 3.63) is 80.3 Å². The first-order valence-corrected chi connectivity index (χ1v) is 12.6. The minimum atomic E-state index is -0.434. The lowest BCUT2D eigenvalue weighted by atomic mass is 9.89. The van der Waals surface area contributed by atoms with Crippen molar-refractivity contribution in [3.63, 3.8) is 0 Å². The Morgan fingerprint density at radius 3 is 2.59 bits per heavy atom. The fraction of sp³-hybridized carbons (Fsp3) is 0.360. The Hall–Kier alpha value is -1.82. The Morgan fingerprint density at radius 2 is 1.88 bits per heavy atom. The van der Waals surface area contributed by atoms with E-state index in [1.54, 1.807) is 18.2 Å². The summed E-state index contributed by atoms with van der Waals surface area (Å²) in [7, 11) is 0. The molecule has 0 radical (unpaired) electrons. The van der Waals surface area contributed by atoms with Gasteiger partial charge in [-0.1, -0.05) is 82.7 Å². The first-order chi connectivity index (χ1) is 15.5. The lowest BCUT2D eigenvalue weighted by Gasteiger charge is -2.21. The molecule has 7 heteroatoms. The summed E-state index contributed by atoms with van der Waals surface area (Å²) in [5.74, 6) is 0.348. The third kappa shape index (κ3) is 5.94. The van der Waals surface area contributed by atoms with Crippen LogP contribution in [0.3, 0.4) is 0 Å². The highest BCUT2D eigenvalue weighted by Crippen LogP contribution is 2.33. The first kappa shape index (κ1) is 23.3. The summed E-state index contributed by atoms with van der Waals surface area (Å²) in [6, 6.07) is 13.1. The zero-order valence-electron chi connectivity index (χ0n) is 17.7. The molecular formula is C25H26BrCl2N3O. The molecule has 2 unspecified atom stereocenters. The molecule has 2 atom stereocenters. The van der Waals surface area contributed by atoms with Crippen molar-refractivity contribution in [2.24, 2.45) is 11.0 Å². The Bertz CT molecular complexity index is 1020. The number of halogens is 3. The second-order valence-electron chi connectivity index (χ2n) is 8.41. The standard InChI is InChI=1S/C25H26BrCl2N3O/c26-18-9-7-17(8-10-18)22-15-23(31-30-22)25(20-12-11-19(27)14-21(20)28)29-24(32)13-6-16-4-2-1-3-5-16/h6-14,16,22,25,30H,1-5,15H2,(H,29,32). The van der Waals surface area contributed by atoms with Gasteiger partial charge in [-0.25, -0.2) is 0 Å². The third-order valence-corrected chi connectivity index (χ3v) is 7.20. The van der Waals surface area contributed by atoms with Gasteiger partial charge in [-0.15, -0.1) is 0 Å². The van der Waals surface area contributed by atoms with Crippen molar-refractivity contribution in [1.82, 2.24) is 10.7 Å². The van der Waals surface area contributed by atoms with E-state index in [4.69, 9.17) is 23.2 Å². The van der Waals surface area contributed by atoms with Crippen LogP contribution in [-0.4, -0.2) is 11.6 Å². The Balaban J connectivity index is 1.52. The maximum absolute atomic E-state index is 12.8. The van der Waals surface area contributed by atoms with Gasteiger partial charge in [0.2, 0.25) is 5.91 Å².